The topological polar surface area (TPSA) is 20.2 Å². The van der Waals surface area contributed by atoms with E-state index < -0.39 is 5.60 Å². The van der Waals surface area contributed by atoms with Gasteiger partial charge in [0.25, 0.3) is 0 Å². The molecular formula is C14H22OS. The molecule has 0 amide bonds. The van der Waals surface area contributed by atoms with Crippen LogP contribution in [0.3, 0.4) is 0 Å². The highest BCUT2D eigenvalue weighted by atomic mass is 32.1. The lowest BCUT2D eigenvalue weighted by molar-refractivity contribution is 0.0124. The summed E-state index contributed by atoms with van der Waals surface area (Å²) in [5.74, 6) is 0. The summed E-state index contributed by atoms with van der Waals surface area (Å²) < 4.78 is 0. The fourth-order valence-corrected chi connectivity index (χ4v) is 4.17. The summed E-state index contributed by atoms with van der Waals surface area (Å²) >= 11 is 1.82. The van der Waals surface area contributed by atoms with E-state index in [2.05, 4.69) is 32.2 Å². The molecule has 1 aliphatic carbocycles. The second-order valence-electron chi connectivity index (χ2n) is 5.39. The van der Waals surface area contributed by atoms with Crippen LogP contribution in [-0.4, -0.2) is 5.11 Å². The number of aliphatic hydroxyl groups is 1. The lowest BCUT2D eigenvalue weighted by Gasteiger charge is -2.28. The van der Waals surface area contributed by atoms with Gasteiger partial charge in [0.1, 0.15) is 0 Å². The van der Waals surface area contributed by atoms with Gasteiger partial charge in [-0.25, -0.2) is 0 Å². The van der Waals surface area contributed by atoms with Crippen molar-refractivity contribution >= 4 is 11.3 Å². The molecule has 0 spiro atoms. The molecule has 1 aromatic heterocycles. The van der Waals surface area contributed by atoms with Crippen molar-refractivity contribution in [2.24, 2.45) is 0 Å². The molecule has 2 rings (SSSR count). The number of fused-ring (bicyclic) bond motifs is 1. The second-order valence-corrected chi connectivity index (χ2v) is 6.31. The van der Waals surface area contributed by atoms with Crippen LogP contribution in [0.4, 0.5) is 0 Å². The van der Waals surface area contributed by atoms with E-state index in [0.717, 1.165) is 32.1 Å². The second kappa shape index (κ2) is 4.15. The highest BCUT2D eigenvalue weighted by Crippen LogP contribution is 2.54. The minimum absolute atomic E-state index is 0.200. The monoisotopic (exact) mass is 238 g/mol. The van der Waals surface area contributed by atoms with Crippen LogP contribution in [0.25, 0.3) is 0 Å². The van der Waals surface area contributed by atoms with Crippen LogP contribution in [0.5, 0.6) is 0 Å². The van der Waals surface area contributed by atoms with Crippen molar-refractivity contribution in [1.29, 1.82) is 0 Å². The van der Waals surface area contributed by atoms with Gasteiger partial charge < -0.3 is 5.11 Å². The minimum Gasteiger partial charge on any atom is -0.385 e. The minimum atomic E-state index is -0.546. The van der Waals surface area contributed by atoms with Crippen LogP contribution in [-0.2, 0) is 11.0 Å². The van der Waals surface area contributed by atoms with Gasteiger partial charge in [-0.3, -0.25) is 0 Å². The first-order valence-electron chi connectivity index (χ1n) is 6.36. The van der Waals surface area contributed by atoms with Gasteiger partial charge in [0.2, 0.25) is 0 Å². The van der Waals surface area contributed by atoms with Crippen molar-refractivity contribution in [1.82, 2.24) is 0 Å². The zero-order valence-electron chi connectivity index (χ0n) is 10.5. The van der Waals surface area contributed by atoms with E-state index in [-0.39, 0.29) is 5.41 Å². The predicted molar refractivity (Wildman–Crippen MR) is 70.0 cm³/mol. The molecule has 0 radical (unpaired) electrons. The Kier molecular flexibility index (Phi) is 3.15. The van der Waals surface area contributed by atoms with E-state index in [9.17, 15) is 5.11 Å². The Bertz CT molecular complexity index is 371. The third kappa shape index (κ3) is 1.72. The number of hydrogen-bond acceptors (Lipinski definition) is 2. The Balaban J connectivity index is 2.33. The van der Waals surface area contributed by atoms with Gasteiger partial charge in [0.15, 0.2) is 0 Å². The smallest absolute Gasteiger partial charge is 0.0916 e. The summed E-state index contributed by atoms with van der Waals surface area (Å²) in [4.78, 5) is 1.42. The molecule has 1 heterocycles. The van der Waals surface area contributed by atoms with Gasteiger partial charge in [-0.2, -0.15) is 0 Å². The Morgan fingerprint density at radius 3 is 2.81 bits per heavy atom. The molecule has 0 aromatic carbocycles. The van der Waals surface area contributed by atoms with Gasteiger partial charge in [-0.1, -0.05) is 33.6 Å². The highest BCUT2D eigenvalue weighted by Gasteiger charge is 2.48. The van der Waals surface area contributed by atoms with Crippen molar-refractivity contribution in [3.05, 3.63) is 21.9 Å². The molecule has 1 N–H and O–H groups in total. The van der Waals surface area contributed by atoms with Crippen LogP contribution >= 0.6 is 11.3 Å². The summed E-state index contributed by atoms with van der Waals surface area (Å²) in [6.07, 6.45) is 5.23. The Hall–Kier alpha value is -0.340. The SMILES string of the molecule is CCCC[C@]1(O)C[C@@](C)(CC)c2sccc21. The van der Waals surface area contributed by atoms with Gasteiger partial charge in [0.05, 0.1) is 5.60 Å². The predicted octanol–water partition coefficient (Wildman–Crippen LogP) is 4.20. The maximum atomic E-state index is 10.8. The number of hydrogen-bond donors (Lipinski definition) is 1. The van der Waals surface area contributed by atoms with Crippen molar-refractivity contribution in [3.8, 4) is 0 Å². The molecule has 0 fully saturated rings. The molecule has 16 heavy (non-hydrogen) atoms. The van der Waals surface area contributed by atoms with Gasteiger partial charge in [0, 0.05) is 10.3 Å². The third-order valence-corrected chi connectivity index (χ3v) is 5.34. The standard InChI is InChI=1S/C14H22OS/c1-4-6-8-14(15)10-13(3,5-2)12-11(14)7-9-16-12/h7,9,15H,4-6,8,10H2,1-3H3/t13-,14+/m1/s1. The first kappa shape index (κ1) is 12.1. The largest absolute Gasteiger partial charge is 0.385 e. The molecular weight excluding hydrogens is 216 g/mol. The van der Waals surface area contributed by atoms with E-state index >= 15 is 0 Å². The molecule has 90 valence electrons. The quantitative estimate of drug-likeness (QED) is 0.833. The Labute approximate surface area is 103 Å². The molecule has 1 aliphatic rings. The fraction of sp³-hybridized carbons (Fsp3) is 0.714. The van der Waals surface area contributed by atoms with Crippen molar-refractivity contribution in [3.63, 3.8) is 0 Å². The van der Waals surface area contributed by atoms with Crippen LogP contribution in [0, 0.1) is 0 Å². The molecule has 2 atom stereocenters. The lowest BCUT2D eigenvalue weighted by Crippen LogP contribution is -2.26. The van der Waals surface area contributed by atoms with Gasteiger partial charge >= 0.3 is 0 Å². The average molecular weight is 238 g/mol. The summed E-state index contributed by atoms with van der Waals surface area (Å²) in [5.41, 5.74) is 0.873. The molecule has 0 saturated heterocycles. The molecule has 0 saturated carbocycles. The van der Waals surface area contributed by atoms with E-state index in [4.69, 9.17) is 0 Å². The van der Waals surface area contributed by atoms with Crippen LogP contribution in [0.1, 0.15) is 63.3 Å². The summed E-state index contributed by atoms with van der Waals surface area (Å²) in [5, 5.41) is 13.0. The van der Waals surface area contributed by atoms with Crippen LogP contribution in [0.2, 0.25) is 0 Å². The summed E-state index contributed by atoms with van der Waals surface area (Å²) in [6, 6.07) is 2.14. The summed E-state index contributed by atoms with van der Waals surface area (Å²) in [6.45, 7) is 6.72. The van der Waals surface area contributed by atoms with Gasteiger partial charge in [-0.15, -0.1) is 11.3 Å². The van der Waals surface area contributed by atoms with E-state index in [1.54, 1.807) is 0 Å². The third-order valence-electron chi connectivity index (χ3n) is 4.12. The normalized spacial score (nSPS) is 33.0. The lowest BCUT2D eigenvalue weighted by atomic mass is 9.82. The van der Waals surface area contributed by atoms with Crippen LogP contribution < -0.4 is 0 Å². The average Bonchev–Trinajstić information content (AvgIpc) is 2.82. The summed E-state index contributed by atoms with van der Waals surface area (Å²) in [7, 11) is 0. The van der Waals surface area contributed by atoms with E-state index in [1.807, 2.05) is 11.3 Å². The molecule has 0 unspecified atom stereocenters. The molecule has 1 nitrogen and oxygen atoms in total. The zero-order chi connectivity index (χ0) is 11.8. The molecule has 1 aromatic rings. The zero-order valence-corrected chi connectivity index (χ0v) is 11.4. The van der Waals surface area contributed by atoms with E-state index in [1.165, 1.54) is 10.4 Å². The number of unbranched alkanes of at least 4 members (excludes halogenated alkanes) is 1. The molecule has 0 aliphatic heterocycles. The highest BCUT2D eigenvalue weighted by molar-refractivity contribution is 7.10. The van der Waals surface area contributed by atoms with Gasteiger partial charge in [-0.05, 0) is 36.3 Å². The number of rotatable bonds is 4. The maximum absolute atomic E-state index is 10.8. The molecule has 0 bridgehead atoms. The van der Waals surface area contributed by atoms with E-state index in [0.29, 0.717) is 0 Å². The van der Waals surface area contributed by atoms with Crippen LogP contribution in [0.15, 0.2) is 11.4 Å². The Morgan fingerprint density at radius 1 is 1.44 bits per heavy atom. The molecule has 2 heteroatoms. The van der Waals surface area contributed by atoms with Crippen molar-refractivity contribution in [2.75, 3.05) is 0 Å². The number of thiophene rings is 1. The first-order chi connectivity index (χ1) is 7.56. The Morgan fingerprint density at radius 2 is 2.19 bits per heavy atom. The first-order valence-corrected chi connectivity index (χ1v) is 7.24. The van der Waals surface area contributed by atoms with Crippen molar-refractivity contribution in [2.45, 2.75) is 63.9 Å². The fourth-order valence-electron chi connectivity index (χ4n) is 2.94. The maximum Gasteiger partial charge on any atom is 0.0916 e. The van der Waals surface area contributed by atoms with Crippen molar-refractivity contribution < 1.29 is 5.11 Å².